The Morgan fingerprint density at radius 3 is 2.58 bits per heavy atom. The first-order chi connectivity index (χ1) is 5.84. The van der Waals surface area contributed by atoms with Gasteiger partial charge in [-0.1, -0.05) is 18.2 Å². The zero-order valence-corrected chi connectivity index (χ0v) is 6.90. The molecule has 0 saturated carbocycles. The van der Waals surface area contributed by atoms with E-state index in [1.165, 1.54) is 6.08 Å². The Morgan fingerprint density at radius 2 is 2.00 bits per heavy atom. The first-order valence-electron chi connectivity index (χ1n) is 3.66. The van der Waals surface area contributed by atoms with Gasteiger partial charge in [0, 0.05) is 12.1 Å². The smallest absolute Gasteiger partial charge is 0.214 e. The first-order valence-corrected chi connectivity index (χ1v) is 3.66. The van der Waals surface area contributed by atoms with Crippen LogP contribution in [0.1, 0.15) is 0 Å². The van der Waals surface area contributed by atoms with Crippen molar-refractivity contribution in [1.82, 2.24) is 0 Å². The maximum absolute atomic E-state index is 10.00. The van der Waals surface area contributed by atoms with Gasteiger partial charge < -0.3 is 0 Å². The SMILES string of the molecule is C[N+](=C=CC=O)c1ccccc1. The van der Waals surface area contributed by atoms with Crippen molar-refractivity contribution < 1.29 is 9.37 Å². The molecule has 1 aromatic rings. The number of rotatable bonds is 2. The molecule has 0 radical (unpaired) electrons. The van der Waals surface area contributed by atoms with Crippen molar-refractivity contribution in [1.29, 1.82) is 0 Å². The monoisotopic (exact) mass is 160 g/mol. The quantitative estimate of drug-likeness (QED) is 0.277. The van der Waals surface area contributed by atoms with Crippen LogP contribution in [0.4, 0.5) is 5.69 Å². The van der Waals surface area contributed by atoms with E-state index in [9.17, 15) is 4.79 Å². The zero-order chi connectivity index (χ0) is 8.81. The molecule has 0 aliphatic rings. The van der Waals surface area contributed by atoms with E-state index in [2.05, 4.69) is 5.87 Å². The van der Waals surface area contributed by atoms with Gasteiger partial charge in [0.1, 0.15) is 7.05 Å². The Kier molecular flexibility index (Phi) is 3.00. The van der Waals surface area contributed by atoms with Crippen LogP contribution in [-0.4, -0.2) is 23.8 Å². The lowest BCUT2D eigenvalue weighted by molar-refractivity contribution is -0.396. The number of allylic oxidation sites excluding steroid dienone is 1. The minimum atomic E-state index is 0.708. The highest BCUT2D eigenvalue weighted by molar-refractivity contribution is 5.77. The molecule has 0 aliphatic heterocycles. The highest BCUT2D eigenvalue weighted by Gasteiger charge is 1.97. The fraction of sp³-hybridized carbons (Fsp3) is 0.100. The molecular weight excluding hydrogens is 150 g/mol. The van der Waals surface area contributed by atoms with Crippen molar-refractivity contribution in [2.45, 2.75) is 0 Å². The molecule has 60 valence electrons. The molecule has 0 aromatic heterocycles. The zero-order valence-electron chi connectivity index (χ0n) is 6.90. The summed E-state index contributed by atoms with van der Waals surface area (Å²) in [4.78, 5) is 10.00. The number of carbonyl (C=O) groups is 1. The molecule has 0 heterocycles. The largest absolute Gasteiger partial charge is 0.298 e. The normalized spacial score (nSPS) is 8.42. The van der Waals surface area contributed by atoms with Crippen LogP contribution in [0, 0.1) is 0 Å². The summed E-state index contributed by atoms with van der Waals surface area (Å²) in [5.74, 6) is 2.79. The Bertz CT molecular complexity index is 321. The predicted molar refractivity (Wildman–Crippen MR) is 47.9 cm³/mol. The standard InChI is InChI=1S/C10H10NO/c1-11(8-5-9-12)10-6-3-2-4-7-10/h2-7,9H,1H3/q+1. The molecular formula is C10H10NO+. The van der Waals surface area contributed by atoms with Crippen molar-refractivity contribution in [2.24, 2.45) is 0 Å². The van der Waals surface area contributed by atoms with E-state index in [1.54, 1.807) is 4.58 Å². The number of carbonyl (C=O) groups excluding carboxylic acids is 1. The highest BCUT2D eigenvalue weighted by atomic mass is 16.1. The molecule has 0 aliphatic carbocycles. The summed E-state index contributed by atoms with van der Waals surface area (Å²) in [5, 5.41) is 0. The molecule has 0 amide bonds. The van der Waals surface area contributed by atoms with Crippen molar-refractivity contribution >= 4 is 17.8 Å². The Labute approximate surface area is 71.5 Å². The van der Waals surface area contributed by atoms with Crippen LogP contribution in [0.3, 0.4) is 0 Å². The van der Waals surface area contributed by atoms with Crippen LogP contribution in [0.25, 0.3) is 0 Å². The van der Waals surface area contributed by atoms with E-state index >= 15 is 0 Å². The average Bonchev–Trinajstić information content (AvgIpc) is 2.15. The third-order valence-corrected chi connectivity index (χ3v) is 1.48. The summed E-state index contributed by atoms with van der Waals surface area (Å²) in [6.07, 6.45) is 2.05. The van der Waals surface area contributed by atoms with Crippen LogP contribution in [-0.2, 0) is 4.79 Å². The Balaban J connectivity index is 3.00. The minimum absolute atomic E-state index is 0.708. The second-order valence-corrected chi connectivity index (χ2v) is 2.33. The van der Waals surface area contributed by atoms with Gasteiger partial charge in [0.15, 0.2) is 12.2 Å². The Hall–Kier alpha value is -1.66. The van der Waals surface area contributed by atoms with Gasteiger partial charge >= 0.3 is 0 Å². The molecule has 12 heavy (non-hydrogen) atoms. The fourth-order valence-corrected chi connectivity index (χ4v) is 0.868. The Morgan fingerprint density at radius 1 is 1.33 bits per heavy atom. The number of nitrogens with zero attached hydrogens (tertiary/aromatic N) is 1. The maximum Gasteiger partial charge on any atom is 0.214 e. The van der Waals surface area contributed by atoms with E-state index in [4.69, 9.17) is 0 Å². The van der Waals surface area contributed by atoms with Gasteiger partial charge in [0.25, 0.3) is 0 Å². The number of aldehydes is 1. The van der Waals surface area contributed by atoms with Crippen LogP contribution in [0.5, 0.6) is 0 Å². The van der Waals surface area contributed by atoms with Gasteiger partial charge in [0.05, 0.1) is 6.08 Å². The third kappa shape index (κ3) is 2.19. The van der Waals surface area contributed by atoms with Crippen LogP contribution >= 0.6 is 0 Å². The summed E-state index contributed by atoms with van der Waals surface area (Å²) < 4.78 is 1.76. The molecule has 0 spiro atoms. The summed E-state index contributed by atoms with van der Waals surface area (Å²) in [5.41, 5.74) is 1.01. The molecule has 1 aromatic carbocycles. The lowest BCUT2D eigenvalue weighted by Gasteiger charge is -1.88. The lowest BCUT2D eigenvalue weighted by Crippen LogP contribution is -1.93. The van der Waals surface area contributed by atoms with Gasteiger partial charge in [-0.2, -0.15) is 4.58 Å². The molecule has 0 unspecified atom stereocenters. The number of para-hydroxylation sites is 1. The molecule has 0 saturated heterocycles. The highest BCUT2D eigenvalue weighted by Crippen LogP contribution is 2.06. The summed E-state index contributed by atoms with van der Waals surface area (Å²) in [7, 11) is 1.84. The van der Waals surface area contributed by atoms with Crippen LogP contribution in [0.2, 0.25) is 0 Å². The first kappa shape index (κ1) is 8.44. The molecule has 2 nitrogen and oxygen atoms in total. The second kappa shape index (κ2) is 4.27. The van der Waals surface area contributed by atoms with E-state index in [1.807, 2.05) is 37.4 Å². The summed E-state index contributed by atoms with van der Waals surface area (Å²) in [6, 6.07) is 9.72. The van der Waals surface area contributed by atoms with Crippen molar-refractivity contribution in [3.8, 4) is 0 Å². The minimum Gasteiger partial charge on any atom is -0.298 e. The van der Waals surface area contributed by atoms with Gasteiger partial charge in [-0.15, -0.1) is 0 Å². The number of hydrogen-bond acceptors (Lipinski definition) is 1. The van der Waals surface area contributed by atoms with Gasteiger partial charge in [-0.05, 0) is 0 Å². The van der Waals surface area contributed by atoms with E-state index in [0.29, 0.717) is 6.29 Å². The van der Waals surface area contributed by atoms with Gasteiger partial charge in [-0.3, -0.25) is 4.79 Å². The summed E-state index contributed by atoms with van der Waals surface area (Å²) >= 11 is 0. The van der Waals surface area contributed by atoms with Crippen LogP contribution < -0.4 is 0 Å². The van der Waals surface area contributed by atoms with E-state index in [-0.39, 0.29) is 0 Å². The molecule has 0 bridgehead atoms. The topological polar surface area (TPSA) is 20.1 Å². The molecule has 2 heteroatoms. The lowest BCUT2D eigenvalue weighted by atomic mass is 10.3. The number of benzene rings is 1. The van der Waals surface area contributed by atoms with Gasteiger partial charge in [0.2, 0.25) is 5.69 Å². The van der Waals surface area contributed by atoms with Gasteiger partial charge in [-0.25, -0.2) is 0 Å². The third-order valence-electron chi connectivity index (χ3n) is 1.48. The average molecular weight is 160 g/mol. The molecule has 0 fully saturated rings. The molecule has 1 rings (SSSR count). The predicted octanol–water partition coefficient (Wildman–Crippen LogP) is 1.39. The van der Waals surface area contributed by atoms with Crippen molar-refractivity contribution in [3.63, 3.8) is 0 Å². The fourth-order valence-electron chi connectivity index (χ4n) is 0.868. The van der Waals surface area contributed by atoms with Crippen molar-refractivity contribution in [3.05, 3.63) is 36.4 Å². The van der Waals surface area contributed by atoms with E-state index < -0.39 is 0 Å². The van der Waals surface area contributed by atoms with Crippen LogP contribution in [0.15, 0.2) is 36.4 Å². The summed E-state index contributed by atoms with van der Waals surface area (Å²) in [6.45, 7) is 0. The van der Waals surface area contributed by atoms with E-state index in [0.717, 1.165) is 5.69 Å². The van der Waals surface area contributed by atoms with Crippen molar-refractivity contribution in [2.75, 3.05) is 7.05 Å². The molecule has 0 N–H and O–H groups in total. The number of hydrogen-bond donors (Lipinski definition) is 0. The maximum atomic E-state index is 10.00. The molecule has 0 atom stereocenters. The second-order valence-electron chi connectivity index (χ2n) is 2.33.